The second-order valence-electron chi connectivity index (χ2n) is 4.49. The van der Waals surface area contributed by atoms with E-state index in [9.17, 15) is 9.59 Å². The molecule has 0 saturated heterocycles. The minimum Gasteiger partial charge on any atom is -0.481 e. The maximum Gasteiger partial charge on any atom is 0.319 e. The van der Waals surface area contributed by atoms with Crippen LogP contribution in [0.15, 0.2) is 15.9 Å². The number of hydrogen-bond acceptors (Lipinski definition) is 3. The molecule has 1 heterocycles. The Morgan fingerprint density at radius 3 is 2.53 bits per heavy atom. The lowest BCUT2D eigenvalue weighted by Gasteiger charge is -2.25. The molecular weight excluding hydrogens is 332 g/mol. The first-order chi connectivity index (χ1) is 8.81. The number of nitrogens with zero attached hydrogens (tertiary/aromatic N) is 2. The summed E-state index contributed by atoms with van der Waals surface area (Å²) in [6.07, 6.45) is 0. The van der Waals surface area contributed by atoms with Crippen molar-refractivity contribution in [2.24, 2.45) is 5.92 Å². The van der Waals surface area contributed by atoms with Crippen molar-refractivity contribution in [2.75, 3.05) is 20.6 Å². The van der Waals surface area contributed by atoms with Crippen LogP contribution in [0.5, 0.6) is 0 Å². The fraction of sp³-hybridized carbons (Fsp3) is 0.500. The highest BCUT2D eigenvalue weighted by Crippen LogP contribution is 2.21. The first kappa shape index (κ1) is 16.0. The molecule has 0 bridgehead atoms. The van der Waals surface area contributed by atoms with Gasteiger partial charge in [0.2, 0.25) is 0 Å². The molecule has 1 atom stereocenters. The summed E-state index contributed by atoms with van der Waals surface area (Å²) in [6, 6.07) is 1.78. The largest absolute Gasteiger partial charge is 0.481 e. The number of carbonyl (C=O) groups excluding carboxylic acids is 1. The fourth-order valence-corrected chi connectivity index (χ4v) is 3.10. The molecule has 0 radical (unpaired) electrons. The number of hydrogen-bond donors (Lipinski definition) is 1. The first-order valence-corrected chi connectivity index (χ1v) is 7.40. The van der Waals surface area contributed by atoms with Crippen molar-refractivity contribution in [3.05, 3.63) is 20.8 Å². The highest BCUT2D eigenvalue weighted by molar-refractivity contribution is 9.10. The first-order valence-electron chi connectivity index (χ1n) is 5.73. The van der Waals surface area contributed by atoms with E-state index in [-0.39, 0.29) is 12.6 Å². The van der Waals surface area contributed by atoms with Crippen LogP contribution in [-0.4, -0.2) is 47.5 Å². The Balaban J connectivity index is 2.54. The molecule has 1 aromatic heterocycles. The monoisotopic (exact) mass is 348 g/mol. The van der Waals surface area contributed by atoms with Gasteiger partial charge >= 0.3 is 12.0 Å². The van der Waals surface area contributed by atoms with Gasteiger partial charge in [0.25, 0.3) is 0 Å². The van der Waals surface area contributed by atoms with E-state index in [4.69, 9.17) is 5.11 Å². The van der Waals surface area contributed by atoms with Crippen molar-refractivity contribution in [1.82, 2.24) is 9.80 Å². The highest BCUT2D eigenvalue weighted by Gasteiger charge is 2.20. The molecule has 2 amide bonds. The zero-order valence-electron chi connectivity index (χ0n) is 11.1. The van der Waals surface area contributed by atoms with E-state index in [1.54, 1.807) is 37.3 Å². The van der Waals surface area contributed by atoms with E-state index >= 15 is 0 Å². The van der Waals surface area contributed by atoms with E-state index in [2.05, 4.69) is 15.9 Å². The Morgan fingerprint density at radius 2 is 2.05 bits per heavy atom. The zero-order chi connectivity index (χ0) is 14.6. The summed E-state index contributed by atoms with van der Waals surface area (Å²) in [5.41, 5.74) is 0. The molecule has 1 unspecified atom stereocenters. The quantitative estimate of drug-likeness (QED) is 0.889. The van der Waals surface area contributed by atoms with E-state index in [0.29, 0.717) is 6.54 Å². The van der Waals surface area contributed by atoms with Crippen LogP contribution in [0.3, 0.4) is 0 Å². The smallest absolute Gasteiger partial charge is 0.319 e. The van der Waals surface area contributed by atoms with Gasteiger partial charge in [0, 0.05) is 35.4 Å². The summed E-state index contributed by atoms with van der Waals surface area (Å²) in [4.78, 5) is 26.9. The van der Waals surface area contributed by atoms with Gasteiger partial charge in [-0.15, -0.1) is 11.3 Å². The number of rotatable bonds is 5. The minimum absolute atomic E-state index is 0.183. The van der Waals surface area contributed by atoms with Gasteiger partial charge in [0.15, 0.2) is 0 Å². The van der Waals surface area contributed by atoms with Gasteiger partial charge < -0.3 is 14.9 Å². The molecule has 1 rings (SSSR count). The molecule has 0 aliphatic carbocycles. The Morgan fingerprint density at radius 1 is 1.42 bits per heavy atom. The van der Waals surface area contributed by atoms with Gasteiger partial charge in [-0.25, -0.2) is 4.79 Å². The molecule has 0 aliphatic rings. The molecule has 1 aromatic rings. The van der Waals surface area contributed by atoms with Gasteiger partial charge in [-0.05, 0) is 22.0 Å². The Hall–Kier alpha value is -1.08. The third kappa shape index (κ3) is 4.83. The lowest BCUT2D eigenvalue weighted by atomic mass is 10.2. The van der Waals surface area contributed by atoms with Crippen molar-refractivity contribution < 1.29 is 14.7 Å². The maximum absolute atomic E-state index is 12.1. The average Bonchev–Trinajstić information content (AvgIpc) is 2.73. The second-order valence-corrected chi connectivity index (χ2v) is 6.40. The number of urea groups is 1. The third-order valence-electron chi connectivity index (χ3n) is 2.64. The summed E-state index contributed by atoms with van der Waals surface area (Å²) < 4.78 is 1.00. The average molecular weight is 349 g/mol. The maximum atomic E-state index is 12.1. The van der Waals surface area contributed by atoms with Crippen molar-refractivity contribution in [3.63, 3.8) is 0 Å². The van der Waals surface area contributed by atoms with Crippen LogP contribution in [0.4, 0.5) is 4.79 Å². The van der Waals surface area contributed by atoms with E-state index in [1.807, 2.05) is 11.4 Å². The number of amides is 2. The fourth-order valence-electron chi connectivity index (χ4n) is 1.60. The Bertz CT molecular complexity index is 464. The van der Waals surface area contributed by atoms with E-state index in [1.165, 1.54) is 4.90 Å². The molecule has 7 heteroatoms. The van der Waals surface area contributed by atoms with E-state index < -0.39 is 11.9 Å². The van der Waals surface area contributed by atoms with E-state index in [0.717, 1.165) is 9.35 Å². The molecule has 0 fully saturated rings. The lowest BCUT2D eigenvalue weighted by Crippen LogP contribution is -2.41. The van der Waals surface area contributed by atoms with Crippen molar-refractivity contribution in [1.29, 1.82) is 0 Å². The van der Waals surface area contributed by atoms with Gasteiger partial charge in [-0.1, -0.05) is 6.92 Å². The van der Waals surface area contributed by atoms with Gasteiger partial charge in [-0.2, -0.15) is 0 Å². The summed E-state index contributed by atoms with van der Waals surface area (Å²) in [6.45, 7) is 2.30. The van der Waals surface area contributed by atoms with Crippen LogP contribution >= 0.6 is 27.3 Å². The topological polar surface area (TPSA) is 60.9 Å². The van der Waals surface area contributed by atoms with Crippen LogP contribution in [0.2, 0.25) is 0 Å². The molecule has 0 saturated carbocycles. The second kappa shape index (κ2) is 6.91. The lowest BCUT2D eigenvalue weighted by molar-refractivity contribution is -0.141. The van der Waals surface area contributed by atoms with Gasteiger partial charge in [0.1, 0.15) is 0 Å². The van der Waals surface area contributed by atoms with Crippen molar-refractivity contribution in [3.8, 4) is 0 Å². The van der Waals surface area contributed by atoms with Gasteiger partial charge in [0.05, 0.1) is 12.5 Å². The summed E-state index contributed by atoms with van der Waals surface area (Å²) in [7, 11) is 3.32. The molecule has 19 heavy (non-hydrogen) atoms. The zero-order valence-corrected chi connectivity index (χ0v) is 13.5. The summed E-state index contributed by atoms with van der Waals surface area (Å²) >= 11 is 4.94. The number of carboxylic acids is 1. The molecule has 0 aromatic carbocycles. The number of halogens is 1. The molecule has 1 N–H and O–H groups in total. The van der Waals surface area contributed by atoms with Crippen molar-refractivity contribution >= 4 is 39.3 Å². The molecule has 0 aliphatic heterocycles. The summed E-state index contributed by atoms with van der Waals surface area (Å²) in [5.74, 6) is -1.47. The summed E-state index contributed by atoms with van der Waals surface area (Å²) in [5, 5.41) is 10.8. The van der Waals surface area contributed by atoms with Crippen LogP contribution in [0.25, 0.3) is 0 Å². The Labute approximate surface area is 124 Å². The number of carbonyl (C=O) groups is 2. The van der Waals surface area contributed by atoms with Crippen molar-refractivity contribution in [2.45, 2.75) is 13.5 Å². The molecule has 5 nitrogen and oxygen atoms in total. The third-order valence-corrected chi connectivity index (χ3v) is 4.32. The molecule has 106 valence electrons. The van der Waals surface area contributed by atoms with Gasteiger partial charge in [-0.3, -0.25) is 4.79 Å². The minimum atomic E-state index is -0.899. The Kier molecular flexibility index (Phi) is 5.81. The number of thiophene rings is 1. The SMILES string of the molecule is CC(CN(C)C(=O)N(C)Cc1cc(Br)cs1)C(=O)O. The normalized spacial score (nSPS) is 12.0. The van der Waals surface area contributed by atoms with Crippen LogP contribution in [0.1, 0.15) is 11.8 Å². The standard InChI is InChI=1S/C12H17BrN2O3S/c1-8(11(16)17)5-14(2)12(18)15(3)6-10-4-9(13)7-19-10/h4,7-8H,5-6H2,1-3H3,(H,16,17). The van der Waals surface area contributed by atoms with Crippen LogP contribution in [-0.2, 0) is 11.3 Å². The van der Waals surface area contributed by atoms with Crippen LogP contribution < -0.4 is 0 Å². The number of carboxylic acid groups (broad SMARTS) is 1. The predicted molar refractivity (Wildman–Crippen MR) is 78.3 cm³/mol. The highest BCUT2D eigenvalue weighted by atomic mass is 79.9. The molecule has 0 spiro atoms. The predicted octanol–water partition coefficient (Wildman–Crippen LogP) is 2.71. The van der Waals surface area contributed by atoms with Crippen LogP contribution in [0, 0.1) is 5.92 Å². The molecular formula is C12H17BrN2O3S. The number of aliphatic carboxylic acids is 1.